The van der Waals surface area contributed by atoms with Crippen LogP contribution < -0.4 is 10.6 Å². The van der Waals surface area contributed by atoms with E-state index in [0.29, 0.717) is 12.6 Å². The van der Waals surface area contributed by atoms with Gasteiger partial charge in [0.05, 0.1) is 0 Å². The predicted molar refractivity (Wildman–Crippen MR) is 79.2 cm³/mol. The lowest BCUT2D eigenvalue weighted by Gasteiger charge is -2.38. The Bertz CT molecular complexity index is 390. The largest absolute Gasteiger partial charge is 0.368 e. The second-order valence-electron chi connectivity index (χ2n) is 5.11. The monoisotopic (exact) mass is 266 g/mol. The lowest BCUT2D eigenvalue weighted by atomic mass is 9.96. The number of nitrogens with two attached hydrogens (primary N) is 1. The van der Waals surface area contributed by atoms with Crippen LogP contribution in [-0.2, 0) is 6.54 Å². The molecule has 1 aliphatic rings. The van der Waals surface area contributed by atoms with Crippen LogP contribution in [0.1, 0.15) is 44.6 Å². The van der Waals surface area contributed by atoms with Crippen LogP contribution in [0.3, 0.4) is 0 Å². The van der Waals surface area contributed by atoms with Gasteiger partial charge in [-0.1, -0.05) is 24.9 Å². The number of benzene rings is 1. The number of anilines is 1. The van der Waals surface area contributed by atoms with Gasteiger partial charge in [-0.2, -0.15) is 0 Å². The molecule has 0 aromatic heterocycles. The maximum atomic E-state index is 6.06. The van der Waals surface area contributed by atoms with Gasteiger partial charge in [-0.05, 0) is 49.4 Å². The summed E-state index contributed by atoms with van der Waals surface area (Å²) in [6.07, 6.45) is 6.46. The van der Waals surface area contributed by atoms with Crippen LogP contribution in [-0.4, -0.2) is 12.6 Å². The smallest absolute Gasteiger partial charge is 0.0415 e. The van der Waals surface area contributed by atoms with Crippen molar-refractivity contribution in [2.75, 3.05) is 11.4 Å². The molecule has 0 spiro atoms. The Labute approximate surface area is 115 Å². The van der Waals surface area contributed by atoms with Gasteiger partial charge in [0.1, 0.15) is 0 Å². The fourth-order valence-electron chi connectivity index (χ4n) is 2.95. The molecular formula is C15H23ClN2. The third kappa shape index (κ3) is 2.99. The van der Waals surface area contributed by atoms with Gasteiger partial charge in [0.2, 0.25) is 0 Å². The molecular weight excluding hydrogens is 244 g/mol. The van der Waals surface area contributed by atoms with Crippen LogP contribution in [0.15, 0.2) is 18.2 Å². The number of nitrogens with zero attached hydrogens (tertiary/aromatic N) is 1. The molecule has 1 atom stereocenters. The van der Waals surface area contributed by atoms with E-state index in [1.54, 1.807) is 0 Å². The molecule has 0 saturated carbocycles. The molecule has 2 nitrogen and oxygen atoms in total. The lowest BCUT2D eigenvalue weighted by Crippen LogP contribution is -2.40. The normalized spacial score (nSPS) is 20.2. The molecule has 1 aromatic rings. The molecule has 1 saturated heterocycles. The van der Waals surface area contributed by atoms with E-state index in [2.05, 4.69) is 17.9 Å². The van der Waals surface area contributed by atoms with Gasteiger partial charge in [-0.25, -0.2) is 0 Å². The first-order valence-electron chi connectivity index (χ1n) is 7.01. The van der Waals surface area contributed by atoms with E-state index >= 15 is 0 Å². The summed E-state index contributed by atoms with van der Waals surface area (Å²) in [4.78, 5) is 2.55. The summed E-state index contributed by atoms with van der Waals surface area (Å²) in [7, 11) is 0. The van der Waals surface area contributed by atoms with E-state index in [9.17, 15) is 0 Å². The van der Waals surface area contributed by atoms with E-state index in [4.69, 9.17) is 17.3 Å². The predicted octanol–water partition coefficient (Wildman–Crippen LogP) is 3.96. The summed E-state index contributed by atoms with van der Waals surface area (Å²) in [6.45, 7) is 3.98. The first-order valence-corrected chi connectivity index (χ1v) is 7.39. The summed E-state index contributed by atoms with van der Waals surface area (Å²) >= 11 is 6.06. The molecule has 2 rings (SSSR count). The molecule has 1 unspecified atom stereocenters. The Kier molecular flexibility index (Phi) is 4.90. The van der Waals surface area contributed by atoms with Crippen molar-refractivity contribution in [2.45, 2.75) is 51.6 Å². The summed E-state index contributed by atoms with van der Waals surface area (Å²) in [6, 6.07) is 6.80. The van der Waals surface area contributed by atoms with E-state index in [1.165, 1.54) is 43.4 Å². The van der Waals surface area contributed by atoms with Crippen molar-refractivity contribution in [3.63, 3.8) is 0 Å². The van der Waals surface area contributed by atoms with Crippen molar-refractivity contribution in [3.05, 3.63) is 28.8 Å². The molecule has 1 fully saturated rings. The van der Waals surface area contributed by atoms with Gasteiger partial charge in [0, 0.05) is 29.8 Å². The topological polar surface area (TPSA) is 29.3 Å². The molecule has 2 N–H and O–H groups in total. The van der Waals surface area contributed by atoms with Crippen molar-refractivity contribution < 1.29 is 0 Å². The second kappa shape index (κ2) is 6.44. The minimum Gasteiger partial charge on any atom is -0.368 e. The zero-order valence-electron chi connectivity index (χ0n) is 11.2. The number of hydrogen-bond acceptors (Lipinski definition) is 2. The number of piperidine rings is 1. The van der Waals surface area contributed by atoms with Gasteiger partial charge >= 0.3 is 0 Å². The average Bonchev–Trinajstić information content (AvgIpc) is 2.40. The maximum absolute atomic E-state index is 6.06. The Hall–Kier alpha value is -0.730. The van der Waals surface area contributed by atoms with Crippen LogP contribution in [0.4, 0.5) is 5.69 Å². The minimum atomic E-state index is 0.561. The standard InChI is InChI=1S/C15H23ClN2/c1-2-5-14-6-3-4-9-18(14)15-8-7-13(16)10-12(15)11-17/h7-8,10,14H,2-6,9,11,17H2,1H3. The molecule has 0 amide bonds. The number of rotatable bonds is 4. The van der Waals surface area contributed by atoms with Crippen molar-refractivity contribution in [1.29, 1.82) is 0 Å². The molecule has 3 heteroatoms. The SMILES string of the molecule is CCCC1CCCCN1c1ccc(Cl)cc1CN. The van der Waals surface area contributed by atoms with Crippen LogP contribution in [0.25, 0.3) is 0 Å². The highest BCUT2D eigenvalue weighted by molar-refractivity contribution is 6.30. The second-order valence-corrected chi connectivity index (χ2v) is 5.55. The first-order chi connectivity index (χ1) is 8.76. The van der Waals surface area contributed by atoms with Crippen LogP contribution in [0.5, 0.6) is 0 Å². The van der Waals surface area contributed by atoms with Crippen molar-refractivity contribution >= 4 is 17.3 Å². The zero-order chi connectivity index (χ0) is 13.0. The first kappa shape index (κ1) is 13.7. The quantitative estimate of drug-likeness (QED) is 0.894. The van der Waals surface area contributed by atoms with Crippen molar-refractivity contribution in [2.24, 2.45) is 5.73 Å². The van der Waals surface area contributed by atoms with Gasteiger partial charge in [0.15, 0.2) is 0 Å². The molecule has 1 aromatic carbocycles. The Balaban J connectivity index is 2.27. The third-order valence-electron chi connectivity index (χ3n) is 3.82. The van der Waals surface area contributed by atoms with E-state index in [-0.39, 0.29) is 0 Å². The number of hydrogen-bond donors (Lipinski definition) is 1. The fourth-order valence-corrected chi connectivity index (χ4v) is 3.14. The van der Waals surface area contributed by atoms with Gasteiger partial charge in [0.25, 0.3) is 0 Å². The van der Waals surface area contributed by atoms with Crippen molar-refractivity contribution in [1.82, 2.24) is 0 Å². The van der Waals surface area contributed by atoms with E-state index in [0.717, 1.165) is 11.6 Å². The minimum absolute atomic E-state index is 0.561. The third-order valence-corrected chi connectivity index (χ3v) is 4.06. The van der Waals surface area contributed by atoms with Gasteiger partial charge in [-0.3, -0.25) is 0 Å². The highest BCUT2D eigenvalue weighted by Crippen LogP contribution is 2.31. The molecule has 1 aliphatic heterocycles. The lowest BCUT2D eigenvalue weighted by molar-refractivity contribution is 0.434. The Morgan fingerprint density at radius 2 is 2.22 bits per heavy atom. The average molecular weight is 267 g/mol. The summed E-state index contributed by atoms with van der Waals surface area (Å²) in [5, 5.41) is 0.781. The highest BCUT2D eigenvalue weighted by atomic mass is 35.5. The summed E-state index contributed by atoms with van der Waals surface area (Å²) in [5.41, 5.74) is 8.32. The summed E-state index contributed by atoms with van der Waals surface area (Å²) < 4.78 is 0. The number of halogens is 1. The van der Waals surface area contributed by atoms with Crippen LogP contribution >= 0.6 is 11.6 Å². The molecule has 0 aliphatic carbocycles. The molecule has 100 valence electrons. The molecule has 1 heterocycles. The van der Waals surface area contributed by atoms with Gasteiger partial charge < -0.3 is 10.6 Å². The van der Waals surface area contributed by atoms with Gasteiger partial charge in [-0.15, -0.1) is 0 Å². The van der Waals surface area contributed by atoms with E-state index < -0.39 is 0 Å². The highest BCUT2D eigenvalue weighted by Gasteiger charge is 2.23. The maximum Gasteiger partial charge on any atom is 0.0415 e. The molecule has 18 heavy (non-hydrogen) atoms. The fraction of sp³-hybridized carbons (Fsp3) is 0.600. The van der Waals surface area contributed by atoms with Crippen molar-refractivity contribution in [3.8, 4) is 0 Å². The van der Waals surface area contributed by atoms with Crippen LogP contribution in [0.2, 0.25) is 5.02 Å². The Morgan fingerprint density at radius 1 is 1.39 bits per heavy atom. The molecule has 0 bridgehead atoms. The Morgan fingerprint density at radius 3 is 2.94 bits per heavy atom. The van der Waals surface area contributed by atoms with Crippen LogP contribution in [0, 0.1) is 0 Å². The molecule has 0 radical (unpaired) electrons. The van der Waals surface area contributed by atoms with E-state index in [1.807, 2.05) is 12.1 Å². The summed E-state index contributed by atoms with van der Waals surface area (Å²) in [5.74, 6) is 0. The zero-order valence-corrected chi connectivity index (χ0v) is 11.9.